The Labute approximate surface area is 149 Å². The van der Waals surface area contributed by atoms with Crippen LogP contribution in [0, 0.1) is 0 Å². The molecule has 1 saturated heterocycles. The molecule has 132 valence electrons. The second kappa shape index (κ2) is 7.92. The Morgan fingerprint density at radius 3 is 2.20 bits per heavy atom. The fourth-order valence-electron chi connectivity index (χ4n) is 3.02. The first-order valence-electron chi connectivity index (χ1n) is 8.72. The van der Waals surface area contributed by atoms with Gasteiger partial charge in [0.15, 0.2) is 0 Å². The molecule has 2 aromatic carbocycles. The summed E-state index contributed by atoms with van der Waals surface area (Å²) >= 11 is 0. The number of benzene rings is 2. The van der Waals surface area contributed by atoms with Crippen LogP contribution in [0.2, 0.25) is 0 Å². The Balaban J connectivity index is 1.46. The van der Waals surface area contributed by atoms with Crippen molar-refractivity contribution in [3.8, 4) is 0 Å². The SMILES string of the molecule is CN(C)c1ccc(NCC(=O)N2CCN(c3ccccc3)CC2)cc1. The number of para-hydroxylation sites is 1. The third kappa shape index (κ3) is 4.44. The van der Waals surface area contributed by atoms with Gasteiger partial charge in [0.2, 0.25) is 5.91 Å². The Hall–Kier alpha value is -2.69. The van der Waals surface area contributed by atoms with E-state index in [0.29, 0.717) is 6.54 Å². The lowest BCUT2D eigenvalue weighted by atomic mass is 10.2. The summed E-state index contributed by atoms with van der Waals surface area (Å²) < 4.78 is 0. The topological polar surface area (TPSA) is 38.8 Å². The Bertz CT molecular complexity index is 677. The Morgan fingerprint density at radius 1 is 0.960 bits per heavy atom. The van der Waals surface area contributed by atoms with E-state index in [1.807, 2.05) is 49.3 Å². The molecule has 5 heteroatoms. The van der Waals surface area contributed by atoms with Crippen molar-refractivity contribution in [1.82, 2.24) is 4.90 Å². The van der Waals surface area contributed by atoms with E-state index in [1.165, 1.54) is 5.69 Å². The van der Waals surface area contributed by atoms with Gasteiger partial charge in [0.25, 0.3) is 0 Å². The van der Waals surface area contributed by atoms with Crippen LogP contribution in [-0.2, 0) is 4.79 Å². The van der Waals surface area contributed by atoms with Gasteiger partial charge in [-0.2, -0.15) is 0 Å². The third-order valence-corrected chi connectivity index (χ3v) is 4.58. The smallest absolute Gasteiger partial charge is 0.241 e. The molecule has 0 radical (unpaired) electrons. The number of amides is 1. The van der Waals surface area contributed by atoms with E-state index in [-0.39, 0.29) is 5.91 Å². The van der Waals surface area contributed by atoms with Crippen LogP contribution in [0.4, 0.5) is 17.1 Å². The molecule has 0 aromatic heterocycles. The number of piperazine rings is 1. The van der Waals surface area contributed by atoms with Crippen LogP contribution in [0.3, 0.4) is 0 Å². The van der Waals surface area contributed by atoms with E-state index in [4.69, 9.17) is 0 Å². The van der Waals surface area contributed by atoms with Crippen LogP contribution in [0.5, 0.6) is 0 Å². The third-order valence-electron chi connectivity index (χ3n) is 4.58. The van der Waals surface area contributed by atoms with Gasteiger partial charge in [0, 0.05) is 57.3 Å². The molecule has 1 fully saturated rings. The number of anilines is 3. The summed E-state index contributed by atoms with van der Waals surface area (Å²) in [7, 11) is 4.03. The van der Waals surface area contributed by atoms with Crippen molar-refractivity contribution >= 4 is 23.0 Å². The molecule has 2 aromatic rings. The monoisotopic (exact) mass is 338 g/mol. The fraction of sp³-hybridized carbons (Fsp3) is 0.350. The average Bonchev–Trinajstić information content (AvgIpc) is 2.67. The summed E-state index contributed by atoms with van der Waals surface area (Å²) in [5, 5.41) is 3.23. The lowest BCUT2D eigenvalue weighted by Crippen LogP contribution is -2.50. The molecule has 1 amide bonds. The second-order valence-corrected chi connectivity index (χ2v) is 6.50. The van der Waals surface area contributed by atoms with Crippen molar-refractivity contribution in [2.75, 3.05) is 61.9 Å². The van der Waals surface area contributed by atoms with Gasteiger partial charge in [-0.1, -0.05) is 18.2 Å². The van der Waals surface area contributed by atoms with Crippen LogP contribution >= 0.6 is 0 Å². The van der Waals surface area contributed by atoms with E-state index < -0.39 is 0 Å². The minimum absolute atomic E-state index is 0.157. The maximum Gasteiger partial charge on any atom is 0.241 e. The van der Waals surface area contributed by atoms with Gasteiger partial charge in [0.05, 0.1) is 6.54 Å². The summed E-state index contributed by atoms with van der Waals surface area (Å²) in [5.41, 5.74) is 3.35. The molecule has 0 spiro atoms. The summed E-state index contributed by atoms with van der Waals surface area (Å²) in [4.78, 5) is 18.8. The van der Waals surface area contributed by atoms with Crippen molar-refractivity contribution in [2.45, 2.75) is 0 Å². The molecule has 0 saturated carbocycles. The molecule has 5 nitrogen and oxygen atoms in total. The first-order chi connectivity index (χ1) is 12.1. The number of carbonyl (C=O) groups excluding carboxylic acids is 1. The highest BCUT2D eigenvalue weighted by Crippen LogP contribution is 2.17. The van der Waals surface area contributed by atoms with Crippen molar-refractivity contribution in [2.24, 2.45) is 0 Å². The zero-order valence-corrected chi connectivity index (χ0v) is 15.0. The molecular weight excluding hydrogens is 312 g/mol. The molecule has 1 N–H and O–H groups in total. The number of nitrogens with one attached hydrogen (secondary N) is 1. The molecule has 0 atom stereocenters. The van der Waals surface area contributed by atoms with Crippen molar-refractivity contribution in [1.29, 1.82) is 0 Å². The maximum absolute atomic E-state index is 12.4. The molecule has 0 aliphatic carbocycles. The summed E-state index contributed by atoms with van der Waals surface area (Å²) in [6, 6.07) is 18.5. The van der Waals surface area contributed by atoms with Gasteiger partial charge >= 0.3 is 0 Å². The highest BCUT2D eigenvalue weighted by molar-refractivity contribution is 5.81. The van der Waals surface area contributed by atoms with Crippen LogP contribution in [0.15, 0.2) is 54.6 Å². The summed E-state index contributed by atoms with van der Waals surface area (Å²) in [5.74, 6) is 0.157. The standard InChI is InChI=1S/C20H26N4O/c1-22(2)18-10-8-17(9-11-18)21-16-20(25)24-14-12-23(13-15-24)19-6-4-3-5-7-19/h3-11,21H,12-16H2,1-2H3. The maximum atomic E-state index is 12.4. The zero-order chi connectivity index (χ0) is 17.6. The predicted octanol–water partition coefficient (Wildman–Crippen LogP) is 2.51. The van der Waals surface area contributed by atoms with Gasteiger partial charge in [-0.15, -0.1) is 0 Å². The molecule has 1 aliphatic rings. The molecular formula is C20H26N4O. The molecule has 1 aliphatic heterocycles. The normalized spacial score (nSPS) is 14.3. The van der Waals surface area contributed by atoms with E-state index in [0.717, 1.165) is 37.6 Å². The zero-order valence-electron chi connectivity index (χ0n) is 15.0. The van der Waals surface area contributed by atoms with Gasteiger partial charge in [-0.05, 0) is 36.4 Å². The largest absolute Gasteiger partial charge is 0.378 e. The summed E-state index contributed by atoms with van der Waals surface area (Å²) in [6.45, 7) is 3.65. The van der Waals surface area contributed by atoms with Crippen molar-refractivity contribution in [3.05, 3.63) is 54.6 Å². The average molecular weight is 338 g/mol. The van der Waals surface area contributed by atoms with E-state index in [9.17, 15) is 4.79 Å². The van der Waals surface area contributed by atoms with Crippen molar-refractivity contribution < 1.29 is 4.79 Å². The second-order valence-electron chi connectivity index (χ2n) is 6.50. The van der Waals surface area contributed by atoms with Gasteiger partial charge in [0.1, 0.15) is 0 Å². The quantitative estimate of drug-likeness (QED) is 0.909. The summed E-state index contributed by atoms with van der Waals surface area (Å²) in [6.07, 6.45) is 0. The molecule has 1 heterocycles. The highest BCUT2D eigenvalue weighted by Gasteiger charge is 2.20. The number of nitrogens with zero attached hydrogens (tertiary/aromatic N) is 3. The van der Waals surface area contributed by atoms with Gasteiger partial charge in [-0.25, -0.2) is 0 Å². The first-order valence-corrected chi connectivity index (χ1v) is 8.72. The number of hydrogen-bond donors (Lipinski definition) is 1. The van der Waals surface area contributed by atoms with Crippen LogP contribution < -0.4 is 15.1 Å². The minimum Gasteiger partial charge on any atom is -0.378 e. The fourth-order valence-corrected chi connectivity index (χ4v) is 3.02. The number of rotatable bonds is 5. The molecule has 25 heavy (non-hydrogen) atoms. The number of carbonyl (C=O) groups is 1. The molecule has 0 bridgehead atoms. The molecule has 3 rings (SSSR count). The van der Waals surface area contributed by atoms with E-state index in [1.54, 1.807) is 0 Å². The minimum atomic E-state index is 0.157. The van der Waals surface area contributed by atoms with Crippen LogP contribution in [0.25, 0.3) is 0 Å². The number of hydrogen-bond acceptors (Lipinski definition) is 4. The van der Waals surface area contributed by atoms with Crippen LogP contribution in [-0.4, -0.2) is 57.6 Å². The van der Waals surface area contributed by atoms with Gasteiger partial charge < -0.3 is 20.0 Å². The highest BCUT2D eigenvalue weighted by atomic mass is 16.2. The van der Waals surface area contributed by atoms with Crippen molar-refractivity contribution in [3.63, 3.8) is 0 Å². The Morgan fingerprint density at radius 2 is 1.60 bits per heavy atom. The van der Waals surface area contributed by atoms with E-state index >= 15 is 0 Å². The first kappa shape index (κ1) is 17.1. The van der Waals surface area contributed by atoms with E-state index in [2.05, 4.69) is 39.4 Å². The molecule has 0 unspecified atom stereocenters. The Kier molecular flexibility index (Phi) is 5.43. The van der Waals surface area contributed by atoms with Gasteiger partial charge in [-0.3, -0.25) is 4.79 Å². The van der Waals surface area contributed by atoms with Crippen LogP contribution in [0.1, 0.15) is 0 Å². The lowest BCUT2D eigenvalue weighted by molar-refractivity contribution is -0.129. The predicted molar refractivity (Wildman–Crippen MR) is 104 cm³/mol. The lowest BCUT2D eigenvalue weighted by Gasteiger charge is -2.36.